The zero-order chi connectivity index (χ0) is 27.7. The molecule has 0 fully saturated rings. The lowest BCUT2D eigenvalue weighted by molar-refractivity contribution is -0.144. The fourth-order valence-electron chi connectivity index (χ4n) is 3.78. The third kappa shape index (κ3) is 8.31. The summed E-state index contributed by atoms with van der Waals surface area (Å²) >= 11 is 0. The summed E-state index contributed by atoms with van der Waals surface area (Å²) in [6.45, 7) is 4.89. The lowest BCUT2D eigenvalue weighted by Crippen LogP contribution is -2.58. The van der Waals surface area contributed by atoms with Crippen molar-refractivity contribution in [2.75, 3.05) is 0 Å². The van der Waals surface area contributed by atoms with Crippen molar-refractivity contribution in [3.8, 4) is 0 Å². The van der Waals surface area contributed by atoms with Crippen molar-refractivity contribution < 1.29 is 34.2 Å². The number of nitrogens with one attached hydrogen (secondary N) is 4. The molecule has 1 heterocycles. The highest BCUT2D eigenvalue weighted by Gasteiger charge is 2.32. The highest BCUT2D eigenvalue weighted by atomic mass is 16.4. The van der Waals surface area contributed by atoms with Gasteiger partial charge in [0.1, 0.15) is 18.1 Å². The maximum Gasteiger partial charge on any atom is 0.326 e. The largest absolute Gasteiger partial charge is 0.481 e. The van der Waals surface area contributed by atoms with Crippen LogP contribution in [0.3, 0.4) is 0 Å². The molecule has 2 rings (SSSR count). The molecule has 0 aliphatic heterocycles. The van der Waals surface area contributed by atoms with E-state index < -0.39 is 66.2 Å². The maximum atomic E-state index is 13.3. The third-order valence-electron chi connectivity index (χ3n) is 6.20. The van der Waals surface area contributed by atoms with E-state index in [0.717, 1.165) is 16.5 Å². The van der Waals surface area contributed by atoms with E-state index in [2.05, 4.69) is 20.9 Å². The molecule has 12 nitrogen and oxygen atoms in total. The summed E-state index contributed by atoms with van der Waals surface area (Å²) < 4.78 is 0. The van der Waals surface area contributed by atoms with Crippen molar-refractivity contribution in [1.82, 2.24) is 20.9 Å². The fraction of sp³-hybridized carbons (Fsp3) is 0.480. The number of hydrogen-bond donors (Lipinski definition) is 7. The number of nitrogens with two attached hydrogens (primary N) is 1. The van der Waals surface area contributed by atoms with Gasteiger partial charge in [-0.2, -0.15) is 0 Å². The first-order valence-corrected chi connectivity index (χ1v) is 12.1. The number of carboxylic acid groups (broad SMARTS) is 2. The van der Waals surface area contributed by atoms with Crippen LogP contribution in [0.2, 0.25) is 0 Å². The van der Waals surface area contributed by atoms with E-state index in [1.54, 1.807) is 20.0 Å². The van der Waals surface area contributed by atoms with Crippen molar-refractivity contribution in [3.63, 3.8) is 0 Å². The van der Waals surface area contributed by atoms with Crippen molar-refractivity contribution in [1.29, 1.82) is 0 Å². The van der Waals surface area contributed by atoms with Gasteiger partial charge in [-0.3, -0.25) is 19.2 Å². The van der Waals surface area contributed by atoms with Crippen molar-refractivity contribution in [2.24, 2.45) is 11.7 Å². The third-order valence-corrected chi connectivity index (χ3v) is 6.20. The van der Waals surface area contributed by atoms with Crippen LogP contribution in [0.25, 0.3) is 10.9 Å². The van der Waals surface area contributed by atoms with Gasteiger partial charge in [-0.25, -0.2) is 4.79 Å². The molecule has 0 saturated heterocycles. The Morgan fingerprint density at radius 3 is 2.16 bits per heavy atom. The Bertz CT molecular complexity index is 1130. The van der Waals surface area contributed by atoms with Crippen LogP contribution >= 0.6 is 0 Å². The number of aliphatic carboxylic acids is 2. The quantitative estimate of drug-likeness (QED) is 0.188. The summed E-state index contributed by atoms with van der Waals surface area (Å²) in [5.41, 5.74) is 7.23. The molecule has 0 aliphatic rings. The van der Waals surface area contributed by atoms with Crippen LogP contribution in [-0.4, -0.2) is 69.0 Å². The van der Waals surface area contributed by atoms with Crippen LogP contribution in [0, 0.1) is 5.92 Å². The van der Waals surface area contributed by atoms with Crippen molar-refractivity contribution in [3.05, 3.63) is 36.0 Å². The van der Waals surface area contributed by atoms with Gasteiger partial charge in [-0.15, -0.1) is 0 Å². The lowest BCUT2D eigenvalue weighted by Gasteiger charge is -2.26. The highest BCUT2D eigenvalue weighted by molar-refractivity contribution is 5.95. The Morgan fingerprint density at radius 1 is 0.946 bits per heavy atom. The van der Waals surface area contributed by atoms with Crippen LogP contribution in [0.1, 0.15) is 45.6 Å². The molecule has 12 heteroatoms. The summed E-state index contributed by atoms with van der Waals surface area (Å²) in [5.74, 6) is -4.99. The van der Waals surface area contributed by atoms with Crippen LogP contribution in [-0.2, 0) is 30.4 Å². The number of carbonyl (C=O) groups is 5. The normalized spacial score (nSPS) is 15.1. The molecule has 3 amide bonds. The number of rotatable bonds is 14. The van der Waals surface area contributed by atoms with E-state index in [4.69, 9.17) is 10.8 Å². The van der Waals surface area contributed by atoms with Crippen LogP contribution in [0.5, 0.6) is 0 Å². The molecule has 0 spiro atoms. The minimum absolute atomic E-state index is 0.0617. The standard InChI is InChI=1S/C25H35N5O7/c1-4-13(2)21(25(36)37)30-23(34)18(9-10-20(31)32)28-24(35)19(29-22(33)14(3)26)11-15-12-27-17-8-6-5-7-16(15)17/h5-8,12-14,18-19,21,27H,4,9-11,26H2,1-3H3,(H,28,35)(H,29,33)(H,30,34)(H,31,32)(H,36,37). The van der Waals surface area contributed by atoms with Gasteiger partial charge in [0.2, 0.25) is 17.7 Å². The molecule has 37 heavy (non-hydrogen) atoms. The molecule has 0 aliphatic carbocycles. The Balaban J connectivity index is 2.29. The molecule has 0 bridgehead atoms. The number of fused-ring (bicyclic) bond motifs is 1. The van der Waals surface area contributed by atoms with Gasteiger partial charge in [0.25, 0.3) is 0 Å². The molecule has 0 saturated carbocycles. The van der Waals surface area contributed by atoms with Crippen LogP contribution < -0.4 is 21.7 Å². The number of amides is 3. The second-order valence-electron chi connectivity index (χ2n) is 9.12. The maximum absolute atomic E-state index is 13.3. The molecular formula is C25H35N5O7. The number of aromatic nitrogens is 1. The molecule has 1 aromatic carbocycles. The summed E-state index contributed by atoms with van der Waals surface area (Å²) in [6.07, 6.45) is 1.52. The van der Waals surface area contributed by atoms with Crippen molar-refractivity contribution in [2.45, 2.75) is 70.6 Å². The number of carbonyl (C=O) groups excluding carboxylic acids is 3. The Kier molecular flexibility index (Phi) is 10.6. The number of carboxylic acids is 2. The van der Waals surface area contributed by atoms with E-state index in [9.17, 15) is 29.1 Å². The number of H-pyrrole nitrogens is 1. The topological polar surface area (TPSA) is 204 Å². The zero-order valence-electron chi connectivity index (χ0n) is 21.1. The molecule has 5 atom stereocenters. The second kappa shape index (κ2) is 13.4. The summed E-state index contributed by atoms with van der Waals surface area (Å²) in [4.78, 5) is 64.6. The Labute approximate surface area is 214 Å². The smallest absolute Gasteiger partial charge is 0.326 e. The lowest BCUT2D eigenvalue weighted by atomic mass is 9.98. The number of aromatic amines is 1. The molecule has 2 aromatic rings. The van der Waals surface area contributed by atoms with Gasteiger partial charge in [0.15, 0.2) is 0 Å². The molecule has 1 aromatic heterocycles. The van der Waals surface area contributed by atoms with Crippen LogP contribution in [0.15, 0.2) is 30.5 Å². The molecular weight excluding hydrogens is 482 g/mol. The number of para-hydroxylation sites is 1. The second-order valence-corrected chi connectivity index (χ2v) is 9.12. The average molecular weight is 518 g/mol. The van der Waals surface area contributed by atoms with Gasteiger partial charge in [-0.05, 0) is 30.9 Å². The number of benzene rings is 1. The molecule has 5 unspecified atom stereocenters. The zero-order valence-corrected chi connectivity index (χ0v) is 21.1. The van der Waals surface area contributed by atoms with Gasteiger partial charge in [0.05, 0.1) is 6.04 Å². The monoisotopic (exact) mass is 517 g/mol. The van der Waals surface area contributed by atoms with Gasteiger partial charge >= 0.3 is 11.9 Å². The SMILES string of the molecule is CCC(C)C(NC(=O)C(CCC(=O)O)NC(=O)C(Cc1c[nH]c2ccccc12)NC(=O)C(C)N)C(=O)O. The van der Waals surface area contributed by atoms with E-state index in [1.165, 1.54) is 6.92 Å². The summed E-state index contributed by atoms with van der Waals surface area (Å²) in [5, 5.41) is 27.0. The van der Waals surface area contributed by atoms with E-state index >= 15 is 0 Å². The molecule has 8 N–H and O–H groups in total. The predicted octanol–water partition coefficient (Wildman–Crippen LogP) is 0.508. The van der Waals surface area contributed by atoms with Gasteiger partial charge in [0, 0.05) is 29.9 Å². The summed E-state index contributed by atoms with van der Waals surface area (Å²) in [6, 6.07) is 2.79. The van der Waals surface area contributed by atoms with Crippen LogP contribution in [0.4, 0.5) is 0 Å². The summed E-state index contributed by atoms with van der Waals surface area (Å²) in [7, 11) is 0. The van der Waals surface area contributed by atoms with E-state index in [-0.39, 0.29) is 12.8 Å². The molecule has 0 radical (unpaired) electrons. The van der Waals surface area contributed by atoms with E-state index in [1.807, 2.05) is 24.3 Å². The molecule has 202 valence electrons. The van der Waals surface area contributed by atoms with Gasteiger partial charge < -0.3 is 36.9 Å². The van der Waals surface area contributed by atoms with E-state index in [0.29, 0.717) is 6.42 Å². The minimum Gasteiger partial charge on any atom is -0.481 e. The van der Waals surface area contributed by atoms with Crippen molar-refractivity contribution >= 4 is 40.6 Å². The average Bonchev–Trinajstić information content (AvgIpc) is 3.26. The first-order valence-electron chi connectivity index (χ1n) is 12.1. The van der Waals surface area contributed by atoms with Gasteiger partial charge in [-0.1, -0.05) is 38.5 Å². The first kappa shape index (κ1) is 29.3. The highest BCUT2D eigenvalue weighted by Crippen LogP contribution is 2.19. The Hall–Kier alpha value is -3.93. The predicted molar refractivity (Wildman–Crippen MR) is 135 cm³/mol. The minimum atomic E-state index is -1.34. The fourth-order valence-corrected chi connectivity index (χ4v) is 3.78. The Morgan fingerprint density at radius 2 is 1.57 bits per heavy atom. The first-order chi connectivity index (χ1) is 17.4. The number of hydrogen-bond acceptors (Lipinski definition) is 6.